The van der Waals surface area contributed by atoms with E-state index in [1.54, 1.807) is 6.26 Å². The summed E-state index contributed by atoms with van der Waals surface area (Å²) in [6.07, 6.45) is 1.67. The van der Waals surface area contributed by atoms with Crippen LogP contribution in [0.1, 0.15) is 62.1 Å². The second-order valence-electron chi connectivity index (χ2n) is 7.40. The number of rotatable bonds is 7. The molecule has 0 atom stereocenters. The number of nitrogens with one attached hydrogen (secondary N) is 2. The van der Waals surface area contributed by atoms with Crippen LogP contribution in [0.2, 0.25) is 0 Å². The Kier molecular flexibility index (Phi) is 5.79. The van der Waals surface area contributed by atoms with E-state index >= 15 is 0 Å². The van der Waals surface area contributed by atoms with E-state index < -0.39 is 0 Å². The predicted octanol–water partition coefficient (Wildman–Crippen LogP) is 5.98. The van der Waals surface area contributed by atoms with Gasteiger partial charge in [-0.05, 0) is 42.0 Å². The van der Waals surface area contributed by atoms with Crippen LogP contribution in [0.25, 0.3) is 0 Å². The number of hydrogen-bond donors (Lipinski definition) is 2. The summed E-state index contributed by atoms with van der Waals surface area (Å²) in [5.74, 6) is 3.06. The van der Waals surface area contributed by atoms with Crippen LogP contribution >= 0.6 is 0 Å². The number of para-hydroxylation sites is 1. The van der Waals surface area contributed by atoms with E-state index in [1.165, 1.54) is 11.1 Å². The van der Waals surface area contributed by atoms with E-state index in [1.807, 2.05) is 25.1 Å². The zero-order chi connectivity index (χ0) is 19.4. The second-order valence-corrected chi connectivity index (χ2v) is 7.40. The van der Waals surface area contributed by atoms with Gasteiger partial charge in [0.25, 0.3) is 0 Å². The van der Waals surface area contributed by atoms with Crippen LogP contribution in [0.4, 0.5) is 17.5 Å². The van der Waals surface area contributed by atoms with Crippen molar-refractivity contribution in [1.29, 1.82) is 0 Å². The van der Waals surface area contributed by atoms with Gasteiger partial charge in [-0.2, -0.15) is 4.98 Å². The van der Waals surface area contributed by atoms with Gasteiger partial charge in [0.15, 0.2) is 0 Å². The van der Waals surface area contributed by atoms with Gasteiger partial charge in [-0.25, -0.2) is 4.98 Å². The number of furan rings is 1. The average Bonchev–Trinajstić information content (AvgIpc) is 3.13. The lowest BCUT2D eigenvalue weighted by molar-refractivity contribution is 0.518. The van der Waals surface area contributed by atoms with Crippen molar-refractivity contribution in [3.05, 3.63) is 65.2 Å². The molecule has 0 saturated carbocycles. The first-order valence-electron chi connectivity index (χ1n) is 9.45. The Morgan fingerprint density at radius 1 is 0.963 bits per heavy atom. The van der Waals surface area contributed by atoms with Crippen molar-refractivity contribution in [2.24, 2.45) is 0 Å². The fourth-order valence-electron chi connectivity index (χ4n) is 3.11. The quantitative estimate of drug-likeness (QED) is 0.540. The number of aromatic nitrogens is 2. The highest BCUT2D eigenvalue weighted by molar-refractivity contribution is 5.66. The minimum Gasteiger partial charge on any atom is -0.467 e. The van der Waals surface area contributed by atoms with Crippen molar-refractivity contribution in [3.63, 3.8) is 0 Å². The average molecular weight is 364 g/mol. The Bertz CT molecular complexity index is 859. The summed E-state index contributed by atoms with van der Waals surface area (Å²) in [5.41, 5.74) is 4.57. The molecule has 0 bridgehead atoms. The van der Waals surface area contributed by atoms with Gasteiger partial charge in [0.05, 0.1) is 12.8 Å². The summed E-state index contributed by atoms with van der Waals surface area (Å²) in [5, 5.41) is 6.80. The van der Waals surface area contributed by atoms with Gasteiger partial charge in [-0.1, -0.05) is 45.9 Å². The van der Waals surface area contributed by atoms with Crippen molar-refractivity contribution < 1.29 is 4.42 Å². The largest absolute Gasteiger partial charge is 0.467 e. The van der Waals surface area contributed by atoms with Crippen molar-refractivity contribution in [2.75, 3.05) is 10.6 Å². The van der Waals surface area contributed by atoms with Crippen LogP contribution in [0.5, 0.6) is 0 Å². The lowest BCUT2D eigenvalue weighted by Gasteiger charge is -2.20. The van der Waals surface area contributed by atoms with Gasteiger partial charge < -0.3 is 15.1 Å². The molecular formula is C22H28N4O. The summed E-state index contributed by atoms with van der Waals surface area (Å²) in [6.45, 7) is 11.4. The summed E-state index contributed by atoms with van der Waals surface area (Å²) in [6, 6.07) is 12.2. The highest BCUT2D eigenvalue weighted by Gasteiger charge is 2.15. The molecule has 2 N–H and O–H groups in total. The van der Waals surface area contributed by atoms with E-state index in [-0.39, 0.29) is 0 Å². The van der Waals surface area contributed by atoms with Gasteiger partial charge in [0.1, 0.15) is 11.6 Å². The third-order valence-electron chi connectivity index (χ3n) is 4.49. The molecule has 142 valence electrons. The second kappa shape index (κ2) is 8.25. The summed E-state index contributed by atoms with van der Waals surface area (Å²) in [7, 11) is 0. The maximum atomic E-state index is 5.37. The van der Waals surface area contributed by atoms with Crippen molar-refractivity contribution in [1.82, 2.24) is 9.97 Å². The Hall–Kier alpha value is -2.82. The van der Waals surface area contributed by atoms with Crippen molar-refractivity contribution >= 4 is 17.5 Å². The van der Waals surface area contributed by atoms with Gasteiger partial charge in [0.2, 0.25) is 5.95 Å². The van der Waals surface area contributed by atoms with E-state index in [0.29, 0.717) is 24.3 Å². The molecule has 0 aliphatic heterocycles. The third-order valence-corrected chi connectivity index (χ3v) is 4.49. The minimum atomic E-state index is 0.410. The summed E-state index contributed by atoms with van der Waals surface area (Å²) >= 11 is 0. The van der Waals surface area contributed by atoms with Gasteiger partial charge in [-0.15, -0.1) is 0 Å². The maximum absolute atomic E-state index is 5.37. The molecule has 5 nitrogen and oxygen atoms in total. The molecule has 0 aliphatic rings. The molecule has 0 aliphatic carbocycles. The van der Waals surface area contributed by atoms with Crippen LogP contribution < -0.4 is 10.6 Å². The first-order chi connectivity index (χ1) is 12.9. The van der Waals surface area contributed by atoms with E-state index in [0.717, 1.165) is 23.0 Å². The lowest BCUT2D eigenvalue weighted by atomic mass is 9.93. The molecule has 0 radical (unpaired) electrons. The van der Waals surface area contributed by atoms with Crippen LogP contribution in [0, 0.1) is 6.92 Å². The molecule has 5 heteroatoms. The van der Waals surface area contributed by atoms with Crippen molar-refractivity contribution in [3.8, 4) is 0 Å². The smallest absolute Gasteiger partial charge is 0.229 e. The standard InChI is InChI=1S/C22H28N4O/c1-14(2)18-9-6-10-19(15(3)4)21(18)26-22-24-16(5)12-20(25-22)23-13-17-8-7-11-27-17/h6-12,14-15H,13H2,1-5H3,(H2,23,24,25,26). The van der Waals surface area contributed by atoms with Crippen LogP contribution in [-0.4, -0.2) is 9.97 Å². The van der Waals surface area contributed by atoms with Crippen molar-refractivity contribution in [2.45, 2.75) is 53.0 Å². The molecule has 2 aromatic heterocycles. The van der Waals surface area contributed by atoms with Gasteiger partial charge in [-0.3, -0.25) is 0 Å². The van der Waals surface area contributed by atoms with E-state index in [9.17, 15) is 0 Å². The first kappa shape index (κ1) is 19.0. The molecule has 0 fully saturated rings. The lowest BCUT2D eigenvalue weighted by Crippen LogP contribution is -2.08. The highest BCUT2D eigenvalue weighted by atomic mass is 16.3. The monoisotopic (exact) mass is 364 g/mol. The van der Waals surface area contributed by atoms with Gasteiger partial charge >= 0.3 is 0 Å². The number of nitrogens with zero attached hydrogens (tertiary/aromatic N) is 2. The zero-order valence-electron chi connectivity index (χ0n) is 16.7. The molecule has 3 rings (SSSR count). The summed E-state index contributed by atoms with van der Waals surface area (Å²) < 4.78 is 5.37. The predicted molar refractivity (Wildman–Crippen MR) is 111 cm³/mol. The SMILES string of the molecule is Cc1cc(NCc2ccco2)nc(Nc2c(C(C)C)cccc2C(C)C)n1. The van der Waals surface area contributed by atoms with Crippen LogP contribution in [-0.2, 0) is 6.54 Å². The molecule has 0 amide bonds. The van der Waals surface area contributed by atoms with Crippen LogP contribution in [0.15, 0.2) is 47.1 Å². The highest BCUT2D eigenvalue weighted by Crippen LogP contribution is 2.34. The molecule has 2 heterocycles. The molecule has 27 heavy (non-hydrogen) atoms. The Balaban J connectivity index is 1.89. The fraction of sp³-hybridized carbons (Fsp3) is 0.364. The molecule has 3 aromatic rings. The number of hydrogen-bond acceptors (Lipinski definition) is 5. The van der Waals surface area contributed by atoms with Crippen LogP contribution in [0.3, 0.4) is 0 Å². The Morgan fingerprint density at radius 2 is 1.67 bits per heavy atom. The number of anilines is 3. The molecule has 0 unspecified atom stereocenters. The number of benzene rings is 1. The molecule has 0 spiro atoms. The molecule has 1 aromatic carbocycles. The zero-order valence-corrected chi connectivity index (χ0v) is 16.7. The van der Waals surface area contributed by atoms with E-state index in [4.69, 9.17) is 4.42 Å². The maximum Gasteiger partial charge on any atom is 0.229 e. The van der Waals surface area contributed by atoms with Gasteiger partial charge in [0, 0.05) is 17.4 Å². The van der Waals surface area contributed by atoms with E-state index in [2.05, 4.69) is 66.5 Å². The molecular weight excluding hydrogens is 336 g/mol. The topological polar surface area (TPSA) is 63.0 Å². The molecule has 0 saturated heterocycles. The fourth-order valence-corrected chi connectivity index (χ4v) is 3.11. The summed E-state index contributed by atoms with van der Waals surface area (Å²) in [4.78, 5) is 9.24. The normalized spacial score (nSPS) is 11.2. The number of aryl methyl sites for hydroxylation is 1. The third kappa shape index (κ3) is 4.67. The Labute approximate surface area is 161 Å². The first-order valence-corrected chi connectivity index (χ1v) is 9.45. The Morgan fingerprint density at radius 3 is 2.26 bits per heavy atom. The minimum absolute atomic E-state index is 0.410.